The van der Waals surface area contributed by atoms with Crippen molar-refractivity contribution in [2.24, 2.45) is 0 Å². The average Bonchev–Trinajstić information content (AvgIpc) is 2.83. The first-order valence-electron chi connectivity index (χ1n) is 6.16. The van der Waals surface area contributed by atoms with E-state index < -0.39 is 11.7 Å². The summed E-state index contributed by atoms with van der Waals surface area (Å²) in [5, 5.41) is 13.1. The van der Waals surface area contributed by atoms with Crippen molar-refractivity contribution < 1.29 is 13.2 Å². The minimum atomic E-state index is -4.40. The fraction of sp³-hybridized carbons (Fsp3) is 0.0667. The van der Waals surface area contributed by atoms with Crippen LogP contribution in [0.2, 0.25) is 0 Å². The van der Waals surface area contributed by atoms with E-state index in [9.17, 15) is 13.2 Å². The quantitative estimate of drug-likeness (QED) is 0.629. The number of nitriles is 1. The summed E-state index contributed by atoms with van der Waals surface area (Å²) in [4.78, 5) is 0. The van der Waals surface area contributed by atoms with E-state index in [0.717, 1.165) is 12.1 Å². The average molecular weight is 366 g/mol. The summed E-state index contributed by atoms with van der Waals surface area (Å²) in [5.41, 5.74) is 1.33. The Morgan fingerprint density at radius 1 is 1.14 bits per heavy atom. The van der Waals surface area contributed by atoms with Crippen molar-refractivity contribution in [2.75, 3.05) is 0 Å². The number of benzene rings is 1. The minimum absolute atomic E-state index is 0.328. The molecule has 2 heterocycles. The first-order valence-corrected chi connectivity index (χ1v) is 6.95. The Labute approximate surface area is 131 Å². The van der Waals surface area contributed by atoms with Gasteiger partial charge in [-0.15, -0.1) is 0 Å². The van der Waals surface area contributed by atoms with Gasteiger partial charge in [0.05, 0.1) is 27.2 Å². The monoisotopic (exact) mass is 365 g/mol. The molecule has 0 atom stereocenters. The van der Waals surface area contributed by atoms with E-state index in [4.69, 9.17) is 5.26 Å². The molecule has 22 heavy (non-hydrogen) atoms. The molecule has 0 saturated heterocycles. The van der Waals surface area contributed by atoms with Crippen LogP contribution >= 0.6 is 15.9 Å². The lowest BCUT2D eigenvalue weighted by molar-refractivity contribution is -0.137. The number of nitrogens with zero attached hydrogens (tertiary/aromatic N) is 3. The van der Waals surface area contributed by atoms with E-state index in [1.807, 2.05) is 6.07 Å². The zero-order chi connectivity index (χ0) is 15.9. The van der Waals surface area contributed by atoms with Crippen LogP contribution in [0.15, 0.2) is 47.1 Å². The number of halogens is 4. The second-order valence-corrected chi connectivity index (χ2v) is 5.39. The van der Waals surface area contributed by atoms with Gasteiger partial charge in [-0.3, -0.25) is 0 Å². The van der Waals surface area contributed by atoms with Crippen LogP contribution in [0.5, 0.6) is 0 Å². The zero-order valence-corrected chi connectivity index (χ0v) is 12.5. The summed E-state index contributed by atoms with van der Waals surface area (Å²) in [6, 6.07) is 10.7. The lowest BCUT2D eigenvalue weighted by atomic mass is 10.1. The SMILES string of the molecule is N#Cc1ccc(-c2nn3ccc(C(F)(F)F)cc3c2Br)cc1. The second-order valence-electron chi connectivity index (χ2n) is 4.59. The Morgan fingerprint density at radius 2 is 1.82 bits per heavy atom. The molecule has 0 saturated carbocycles. The molecule has 0 aliphatic rings. The fourth-order valence-corrected chi connectivity index (χ4v) is 2.68. The molecule has 0 aliphatic heterocycles. The van der Waals surface area contributed by atoms with Crippen LogP contribution in [0.3, 0.4) is 0 Å². The number of hydrogen-bond donors (Lipinski definition) is 0. The Balaban J connectivity index is 2.15. The third-order valence-electron chi connectivity index (χ3n) is 3.19. The highest BCUT2D eigenvalue weighted by molar-refractivity contribution is 9.10. The lowest BCUT2D eigenvalue weighted by Gasteiger charge is -2.06. The van der Waals surface area contributed by atoms with Gasteiger partial charge in [-0.2, -0.15) is 23.5 Å². The molecule has 110 valence electrons. The van der Waals surface area contributed by atoms with Crippen molar-refractivity contribution in [3.05, 3.63) is 58.2 Å². The highest BCUT2D eigenvalue weighted by Gasteiger charge is 2.31. The number of fused-ring (bicyclic) bond motifs is 1. The zero-order valence-electron chi connectivity index (χ0n) is 10.9. The van der Waals surface area contributed by atoms with Gasteiger partial charge in [0.15, 0.2) is 0 Å². The van der Waals surface area contributed by atoms with E-state index in [2.05, 4.69) is 21.0 Å². The largest absolute Gasteiger partial charge is 0.416 e. The number of rotatable bonds is 1. The molecule has 0 N–H and O–H groups in total. The summed E-state index contributed by atoms with van der Waals surface area (Å²) in [6.45, 7) is 0. The third kappa shape index (κ3) is 2.46. The number of pyridine rings is 1. The molecule has 3 nitrogen and oxygen atoms in total. The van der Waals surface area contributed by atoms with E-state index in [1.54, 1.807) is 24.3 Å². The Kier molecular flexibility index (Phi) is 3.41. The molecule has 7 heteroatoms. The van der Waals surface area contributed by atoms with Crippen molar-refractivity contribution >= 4 is 21.4 Å². The van der Waals surface area contributed by atoms with Crippen molar-refractivity contribution in [2.45, 2.75) is 6.18 Å². The second kappa shape index (κ2) is 5.14. The molecule has 0 amide bonds. The molecule has 3 aromatic rings. The molecule has 0 spiro atoms. The van der Waals surface area contributed by atoms with Crippen molar-refractivity contribution in [1.29, 1.82) is 5.26 Å². The Bertz CT molecular complexity index is 889. The normalized spacial score (nSPS) is 11.6. The van der Waals surface area contributed by atoms with Gasteiger partial charge in [-0.05, 0) is 40.2 Å². The maximum absolute atomic E-state index is 12.8. The molecule has 3 rings (SSSR count). The van der Waals surface area contributed by atoms with Crippen LogP contribution in [0.1, 0.15) is 11.1 Å². The highest BCUT2D eigenvalue weighted by atomic mass is 79.9. The van der Waals surface area contributed by atoms with Gasteiger partial charge >= 0.3 is 6.18 Å². The summed E-state index contributed by atoms with van der Waals surface area (Å²) in [7, 11) is 0. The molecular formula is C15H7BrF3N3. The van der Waals surface area contributed by atoms with Gasteiger partial charge in [0, 0.05) is 11.8 Å². The van der Waals surface area contributed by atoms with Gasteiger partial charge < -0.3 is 0 Å². The maximum Gasteiger partial charge on any atom is 0.416 e. The standard InChI is InChI=1S/C15H7BrF3N3/c16-13-12-7-11(15(17,18)19)5-6-22(12)21-14(13)10-3-1-9(8-20)2-4-10/h1-7H. The van der Waals surface area contributed by atoms with Crippen LogP contribution in [-0.4, -0.2) is 9.61 Å². The van der Waals surface area contributed by atoms with Gasteiger partial charge in [-0.25, -0.2) is 4.52 Å². The van der Waals surface area contributed by atoms with E-state index in [0.29, 0.717) is 26.8 Å². The maximum atomic E-state index is 12.8. The van der Waals surface area contributed by atoms with Crippen LogP contribution in [0, 0.1) is 11.3 Å². The van der Waals surface area contributed by atoms with E-state index in [-0.39, 0.29) is 0 Å². The molecule has 0 unspecified atom stereocenters. The van der Waals surface area contributed by atoms with Crippen LogP contribution in [-0.2, 0) is 6.18 Å². The van der Waals surface area contributed by atoms with Crippen LogP contribution < -0.4 is 0 Å². The Hall–Kier alpha value is -2.33. The summed E-state index contributed by atoms with van der Waals surface area (Å²) in [6.07, 6.45) is -3.13. The highest BCUT2D eigenvalue weighted by Crippen LogP contribution is 2.35. The van der Waals surface area contributed by atoms with Crippen molar-refractivity contribution in [1.82, 2.24) is 9.61 Å². The topological polar surface area (TPSA) is 41.1 Å². The molecule has 0 radical (unpaired) electrons. The lowest BCUT2D eigenvalue weighted by Crippen LogP contribution is -2.05. The first kappa shape index (κ1) is 14.6. The number of aromatic nitrogens is 2. The van der Waals surface area contributed by atoms with Gasteiger partial charge in [-0.1, -0.05) is 12.1 Å². The first-order chi connectivity index (χ1) is 10.4. The van der Waals surface area contributed by atoms with Crippen LogP contribution in [0.25, 0.3) is 16.8 Å². The summed E-state index contributed by atoms with van der Waals surface area (Å²) >= 11 is 3.31. The van der Waals surface area contributed by atoms with Gasteiger partial charge in [0.2, 0.25) is 0 Å². The summed E-state index contributed by atoms with van der Waals surface area (Å²) < 4.78 is 40.2. The molecule has 1 aromatic carbocycles. The van der Waals surface area contributed by atoms with Gasteiger partial charge in [0.25, 0.3) is 0 Å². The molecule has 2 aromatic heterocycles. The van der Waals surface area contributed by atoms with E-state index in [1.165, 1.54) is 10.7 Å². The smallest absolute Gasteiger partial charge is 0.239 e. The third-order valence-corrected chi connectivity index (χ3v) is 3.97. The minimum Gasteiger partial charge on any atom is -0.239 e. The summed E-state index contributed by atoms with van der Waals surface area (Å²) in [5.74, 6) is 0. The number of hydrogen-bond acceptors (Lipinski definition) is 2. The molecule has 0 aliphatic carbocycles. The predicted octanol–water partition coefficient (Wildman–Crippen LogP) is 4.65. The molecule has 0 bridgehead atoms. The van der Waals surface area contributed by atoms with Gasteiger partial charge in [0.1, 0.15) is 5.69 Å². The Morgan fingerprint density at radius 3 is 2.41 bits per heavy atom. The predicted molar refractivity (Wildman–Crippen MR) is 78.0 cm³/mol. The molecular weight excluding hydrogens is 359 g/mol. The van der Waals surface area contributed by atoms with E-state index >= 15 is 0 Å². The van der Waals surface area contributed by atoms with Crippen molar-refractivity contribution in [3.63, 3.8) is 0 Å². The number of alkyl halides is 3. The fourth-order valence-electron chi connectivity index (χ4n) is 2.08. The van der Waals surface area contributed by atoms with Crippen LogP contribution in [0.4, 0.5) is 13.2 Å². The molecule has 0 fully saturated rings. The van der Waals surface area contributed by atoms with Crippen molar-refractivity contribution in [3.8, 4) is 17.3 Å².